The van der Waals surface area contributed by atoms with Crippen LogP contribution in [-0.2, 0) is 4.79 Å². The number of amides is 1. The molecule has 3 rings (SSSR count). The van der Waals surface area contributed by atoms with Gasteiger partial charge in [0.2, 0.25) is 11.9 Å². The monoisotopic (exact) mass is 305 g/mol. The summed E-state index contributed by atoms with van der Waals surface area (Å²) in [5.41, 5.74) is 6.65. The molecule has 1 saturated heterocycles. The number of likely N-dealkylation sites (tertiary alicyclic amines) is 1. The van der Waals surface area contributed by atoms with E-state index in [1.165, 1.54) is 0 Å². The van der Waals surface area contributed by atoms with Crippen LogP contribution in [0.4, 0.5) is 11.8 Å². The van der Waals surface area contributed by atoms with Crippen molar-refractivity contribution in [3.63, 3.8) is 0 Å². The summed E-state index contributed by atoms with van der Waals surface area (Å²) in [4.78, 5) is 21.9. The normalized spacial score (nSPS) is 24.4. The van der Waals surface area contributed by atoms with Crippen LogP contribution in [-0.4, -0.2) is 51.6 Å². The van der Waals surface area contributed by atoms with E-state index in [4.69, 9.17) is 5.73 Å². The van der Waals surface area contributed by atoms with Gasteiger partial charge < -0.3 is 21.1 Å². The van der Waals surface area contributed by atoms with Gasteiger partial charge in [-0.2, -0.15) is 4.98 Å². The van der Waals surface area contributed by atoms with E-state index in [2.05, 4.69) is 15.3 Å². The first-order valence-corrected chi connectivity index (χ1v) is 7.96. The SMILES string of the molecule is Nc1nc(NCCCN2CCCC2=O)cc(C2CC(O)C2)n1. The zero-order valence-electron chi connectivity index (χ0n) is 12.7. The largest absolute Gasteiger partial charge is 0.393 e. The number of nitrogens with zero attached hydrogens (tertiary/aromatic N) is 3. The molecule has 0 radical (unpaired) electrons. The van der Waals surface area contributed by atoms with Gasteiger partial charge in [-0.05, 0) is 25.7 Å². The minimum absolute atomic E-state index is 0.212. The molecule has 1 saturated carbocycles. The van der Waals surface area contributed by atoms with Crippen molar-refractivity contribution in [3.05, 3.63) is 11.8 Å². The second kappa shape index (κ2) is 6.48. The maximum atomic E-state index is 11.5. The van der Waals surface area contributed by atoms with E-state index in [1.54, 1.807) is 0 Å². The summed E-state index contributed by atoms with van der Waals surface area (Å²) in [6.45, 7) is 2.41. The van der Waals surface area contributed by atoms with Gasteiger partial charge in [0.1, 0.15) is 5.82 Å². The summed E-state index contributed by atoms with van der Waals surface area (Å²) in [6, 6.07) is 1.91. The van der Waals surface area contributed by atoms with Crippen LogP contribution in [0.3, 0.4) is 0 Å². The average molecular weight is 305 g/mol. The number of carbonyl (C=O) groups is 1. The second-order valence-electron chi connectivity index (χ2n) is 6.12. The molecule has 0 spiro atoms. The number of anilines is 2. The quantitative estimate of drug-likeness (QED) is 0.669. The minimum Gasteiger partial charge on any atom is -0.393 e. The lowest BCUT2D eigenvalue weighted by molar-refractivity contribution is -0.127. The Morgan fingerprint density at radius 3 is 2.91 bits per heavy atom. The molecule has 1 aliphatic carbocycles. The summed E-state index contributed by atoms with van der Waals surface area (Å²) >= 11 is 0. The Labute approximate surface area is 129 Å². The molecular formula is C15H23N5O2. The third-order valence-electron chi connectivity index (χ3n) is 4.38. The van der Waals surface area contributed by atoms with Gasteiger partial charge >= 0.3 is 0 Å². The van der Waals surface area contributed by atoms with Gasteiger partial charge in [0.25, 0.3) is 0 Å². The number of hydrogen-bond acceptors (Lipinski definition) is 6. The van der Waals surface area contributed by atoms with Crippen LogP contribution in [0.25, 0.3) is 0 Å². The Morgan fingerprint density at radius 1 is 1.41 bits per heavy atom. The van der Waals surface area contributed by atoms with Gasteiger partial charge in [0, 0.05) is 38.0 Å². The summed E-state index contributed by atoms with van der Waals surface area (Å²) < 4.78 is 0. The predicted molar refractivity (Wildman–Crippen MR) is 83.3 cm³/mol. The molecule has 22 heavy (non-hydrogen) atoms. The third-order valence-corrected chi connectivity index (χ3v) is 4.38. The van der Waals surface area contributed by atoms with Gasteiger partial charge in [-0.15, -0.1) is 0 Å². The lowest BCUT2D eigenvalue weighted by Crippen LogP contribution is -2.28. The van der Waals surface area contributed by atoms with Gasteiger partial charge in [-0.3, -0.25) is 4.79 Å². The third kappa shape index (κ3) is 3.47. The molecule has 4 N–H and O–H groups in total. The number of rotatable bonds is 6. The van der Waals surface area contributed by atoms with Crippen LogP contribution in [0.15, 0.2) is 6.07 Å². The molecule has 0 unspecified atom stereocenters. The highest BCUT2D eigenvalue weighted by Crippen LogP contribution is 2.36. The van der Waals surface area contributed by atoms with Gasteiger partial charge in [0.05, 0.1) is 11.8 Å². The van der Waals surface area contributed by atoms with Crippen molar-refractivity contribution < 1.29 is 9.90 Å². The first kappa shape index (κ1) is 15.0. The molecular weight excluding hydrogens is 282 g/mol. The van der Waals surface area contributed by atoms with E-state index in [-0.39, 0.29) is 23.9 Å². The van der Waals surface area contributed by atoms with E-state index in [0.717, 1.165) is 56.8 Å². The number of aliphatic hydroxyl groups is 1. The fourth-order valence-electron chi connectivity index (χ4n) is 3.04. The predicted octanol–water partition coefficient (Wildman–Crippen LogP) is 0.721. The maximum Gasteiger partial charge on any atom is 0.222 e. The number of aromatic nitrogens is 2. The lowest BCUT2D eigenvalue weighted by atomic mass is 9.80. The highest BCUT2D eigenvalue weighted by Gasteiger charge is 2.30. The molecule has 7 nitrogen and oxygen atoms in total. The van der Waals surface area contributed by atoms with Crippen molar-refractivity contribution in [2.75, 3.05) is 30.7 Å². The van der Waals surface area contributed by atoms with Gasteiger partial charge in [0.15, 0.2) is 0 Å². The van der Waals surface area contributed by atoms with Crippen molar-refractivity contribution in [2.45, 2.75) is 44.1 Å². The van der Waals surface area contributed by atoms with Gasteiger partial charge in [-0.25, -0.2) is 4.98 Å². The molecule has 1 amide bonds. The molecule has 1 aromatic heterocycles. The molecule has 0 bridgehead atoms. The standard InChI is InChI=1S/C15H23N5O2/c16-15-18-12(10-7-11(21)8-10)9-13(19-15)17-4-2-6-20-5-1-3-14(20)22/h9-11,21H,1-8H2,(H3,16,17,18,19). The van der Waals surface area contributed by atoms with Crippen LogP contribution >= 0.6 is 0 Å². The summed E-state index contributed by atoms with van der Waals surface area (Å²) in [5, 5.41) is 12.6. The van der Waals surface area contributed by atoms with E-state index in [0.29, 0.717) is 6.42 Å². The average Bonchev–Trinajstić information content (AvgIpc) is 2.85. The highest BCUT2D eigenvalue weighted by molar-refractivity contribution is 5.78. The molecule has 2 aliphatic rings. The summed E-state index contributed by atoms with van der Waals surface area (Å²) in [7, 11) is 0. The Balaban J connectivity index is 1.48. The van der Waals surface area contributed by atoms with E-state index in [1.807, 2.05) is 11.0 Å². The molecule has 2 fully saturated rings. The Hall–Kier alpha value is -1.89. The van der Waals surface area contributed by atoms with Crippen LogP contribution in [0.2, 0.25) is 0 Å². The van der Waals surface area contributed by atoms with E-state index < -0.39 is 0 Å². The van der Waals surface area contributed by atoms with Crippen molar-refractivity contribution in [1.82, 2.24) is 14.9 Å². The van der Waals surface area contributed by atoms with Crippen molar-refractivity contribution in [3.8, 4) is 0 Å². The lowest BCUT2D eigenvalue weighted by Gasteiger charge is -2.31. The highest BCUT2D eigenvalue weighted by atomic mass is 16.3. The van der Waals surface area contributed by atoms with E-state index >= 15 is 0 Å². The van der Waals surface area contributed by atoms with Crippen LogP contribution in [0, 0.1) is 0 Å². The number of nitrogens with two attached hydrogens (primary N) is 1. The zero-order chi connectivity index (χ0) is 15.5. The molecule has 1 aromatic rings. The molecule has 0 aromatic carbocycles. The fraction of sp³-hybridized carbons (Fsp3) is 0.667. The number of hydrogen-bond donors (Lipinski definition) is 3. The first-order chi connectivity index (χ1) is 10.6. The molecule has 0 atom stereocenters. The number of carbonyl (C=O) groups excluding carboxylic acids is 1. The number of aliphatic hydroxyl groups excluding tert-OH is 1. The Morgan fingerprint density at radius 2 is 2.23 bits per heavy atom. The second-order valence-corrected chi connectivity index (χ2v) is 6.12. The first-order valence-electron chi connectivity index (χ1n) is 7.96. The maximum absolute atomic E-state index is 11.5. The molecule has 1 aliphatic heterocycles. The molecule has 7 heteroatoms. The van der Waals surface area contributed by atoms with Crippen molar-refractivity contribution in [2.24, 2.45) is 0 Å². The topological polar surface area (TPSA) is 104 Å². The van der Waals surface area contributed by atoms with Crippen LogP contribution in [0.1, 0.15) is 43.7 Å². The Kier molecular flexibility index (Phi) is 4.42. The van der Waals surface area contributed by atoms with Gasteiger partial charge in [-0.1, -0.05) is 0 Å². The molecule has 2 heterocycles. The van der Waals surface area contributed by atoms with Crippen molar-refractivity contribution in [1.29, 1.82) is 0 Å². The Bertz CT molecular complexity index is 545. The van der Waals surface area contributed by atoms with Crippen LogP contribution in [0.5, 0.6) is 0 Å². The number of nitrogen functional groups attached to an aromatic ring is 1. The summed E-state index contributed by atoms with van der Waals surface area (Å²) in [5.74, 6) is 1.52. The van der Waals surface area contributed by atoms with Crippen molar-refractivity contribution >= 4 is 17.7 Å². The fourth-order valence-corrected chi connectivity index (χ4v) is 3.04. The molecule has 120 valence electrons. The summed E-state index contributed by atoms with van der Waals surface area (Å²) in [6.07, 6.45) is 3.82. The van der Waals surface area contributed by atoms with Crippen LogP contribution < -0.4 is 11.1 Å². The minimum atomic E-state index is -0.212. The smallest absolute Gasteiger partial charge is 0.222 e. The number of nitrogens with one attached hydrogen (secondary N) is 1. The van der Waals surface area contributed by atoms with E-state index in [9.17, 15) is 9.90 Å². The zero-order valence-corrected chi connectivity index (χ0v) is 12.7.